The van der Waals surface area contributed by atoms with Gasteiger partial charge in [0.15, 0.2) is 0 Å². The predicted octanol–water partition coefficient (Wildman–Crippen LogP) is 1.94. The van der Waals surface area contributed by atoms with Gasteiger partial charge < -0.3 is 15.2 Å². The number of rotatable bonds is 5. The summed E-state index contributed by atoms with van der Waals surface area (Å²) in [5.74, 6) is 0.804. The van der Waals surface area contributed by atoms with Crippen LogP contribution in [0.25, 0.3) is 10.8 Å². The van der Waals surface area contributed by atoms with Crippen molar-refractivity contribution in [1.29, 1.82) is 0 Å². The Kier molecular flexibility index (Phi) is 4.63. The Morgan fingerprint density at radius 3 is 2.50 bits per heavy atom. The molecule has 0 saturated carbocycles. The molecule has 0 spiro atoms. The van der Waals surface area contributed by atoms with E-state index in [0.29, 0.717) is 13.2 Å². The molecular formula is C17H24NO2+. The highest BCUT2D eigenvalue weighted by molar-refractivity contribution is 5.83. The molecule has 0 saturated heterocycles. The van der Waals surface area contributed by atoms with Crippen LogP contribution in [0.2, 0.25) is 0 Å². The van der Waals surface area contributed by atoms with E-state index >= 15 is 0 Å². The molecule has 0 fully saturated rings. The smallest absolute Gasteiger partial charge is 0.137 e. The van der Waals surface area contributed by atoms with Gasteiger partial charge in [0.05, 0.1) is 5.54 Å². The second kappa shape index (κ2) is 6.25. The molecule has 3 heteroatoms. The lowest BCUT2D eigenvalue weighted by Crippen LogP contribution is -2.96. The number of aliphatic hydroxyl groups is 1. The van der Waals surface area contributed by atoms with Crippen LogP contribution in [0.1, 0.15) is 20.8 Å². The minimum atomic E-state index is -0.458. The summed E-state index contributed by atoms with van der Waals surface area (Å²) in [6, 6.07) is 14.2. The molecule has 0 aliphatic carbocycles. The molecule has 0 aliphatic rings. The lowest BCUT2D eigenvalue weighted by atomic mass is 10.1. The van der Waals surface area contributed by atoms with Crippen LogP contribution in [0.15, 0.2) is 42.5 Å². The lowest BCUT2D eigenvalue weighted by molar-refractivity contribution is -0.722. The molecular weight excluding hydrogens is 250 g/mol. The van der Waals surface area contributed by atoms with Crippen LogP contribution in [0.4, 0.5) is 0 Å². The molecule has 20 heavy (non-hydrogen) atoms. The van der Waals surface area contributed by atoms with Gasteiger partial charge in [-0.15, -0.1) is 0 Å². The molecule has 0 amide bonds. The van der Waals surface area contributed by atoms with E-state index in [1.807, 2.05) is 30.3 Å². The first-order valence-electron chi connectivity index (χ1n) is 7.08. The highest BCUT2D eigenvalue weighted by Gasteiger charge is 2.16. The third kappa shape index (κ3) is 4.51. The van der Waals surface area contributed by atoms with Gasteiger partial charge in [-0.25, -0.2) is 0 Å². The summed E-state index contributed by atoms with van der Waals surface area (Å²) < 4.78 is 5.67. The summed E-state index contributed by atoms with van der Waals surface area (Å²) in [7, 11) is 0. The molecule has 3 nitrogen and oxygen atoms in total. The summed E-state index contributed by atoms with van der Waals surface area (Å²) in [6.45, 7) is 7.36. The van der Waals surface area contributed by atoms with E-state index in [4.69, 9.17) is 4.74 Å². The molecule has 2 aromatic rings. The number of aliphatic hydroxyl groups excluding tert-OH is 1. The van der Waals surface area contributed by atoms with Gasteiger partial charge in [0.2, 0.25) is 0 Å². The minimum Gasteiger partial charge on any atom is -0.491 e. The first-order chi connectivity index (χ1) is 9.44. The Hall–Kier alpha value is -1.58. The van der Waals surface area contributed by atoms with Crippen molar-refractivity contribution in [3.05, 3.63) is 42.5 Å². The molecule has 0 aromatic heterocycles. The SMILES string of the molecule is CC(C)(C)[NH2+]C[C@H](O)COc1ccc2ccccc2c1. The van der Waals surface area contributed by atoms with E-state index in [2.05, 4.69) is 38.2 Å². The zero-order valence-corrected chi connectivity index (χ0v) is 12.5. The Balaban J connectivity index is 1.89. The summed E-state index contributed by atoms with van der Waals surface area (Å²) in [4.78, 5) is 0. The normalized spacial score (nSPS) is 13.4. The van der Waals surface area contributed by atoms with E-state index < -0.39 is 6.10 Å². The highest BCUT2D eigenvalue weighted by Crippen LogP contribution is 2.20. The first kappa shape index (κ1) is 14.8. The minimum absolute atomic E-state index is 0.129. The van der Waals surface area contributed by atoms with Crippen molar-refractivity contribution < 1.29 is 15.2 Å². The van der Waals surface area contributed by atoms with Crippen LogP contribution in [0, 0.1) is 0 Å². The van der Waals surface area contributed by atoms with Gasteiger partial charge in [-0.2, -0.15) is 0 Å². The molecule has 108 valence electrons. The zero-order valence-electron chi connectivity index (χ0n) is 12.5. The molecule has 0 unspecified atom stereocenters. The van der Waals surface area contributed by atoms with Crippen molar-refractivity contribution in [2.75, 3.05) is 13.2 Å². The predicted molar refractivity (Wildman–Crippen MR) is 82.0 cm³/mol. The number of quaternary nitrogens is 1. The second-order valence-electron chi connectivity index (χ2n) is 6.28. The van der Waals surface area contributed by atoms with E-state index in [0.717, 1.165) is 11.1 Å². The maximum Gasteiger partial charge on any atom is 0.137 e. The van der Waals surface area contributed by atoms with Crippen LogP contribution in [-0.4, -0.2) is 29.9 Å². The topological polar surface area (TPSA) is 46.1 Å². The van der Waals surface area contributed by atoms with Crippen LogP contribution >= 0.6 is 0 Å². The number of hydrogen-bond acceptors (Lipinski definition) is 2. The van der Waals surface area contributed by atoms with Gasteiger partial charge in [-0.3, -0.25) is 0 Å². The molecule has 0 radical (unpaired) electrons. The lowest BCUT2D eigenvalue weighted by Gasteiger charge is -2.19. The maximum absolute atomic E-state index is 9.93. The van der Waals surface area contributed by atoms with Crippen LogP contribution < -0.4 is 10.1 Å². The second-order valence-corrected chi connectivity index (χ2v) is 6.28. The molecule has 0 aliphatic heterocycles. The highest BCUT2D eigenvalue weighted by atomic mass is 16.5. The third-order valence-electron chi connectivity index (χ3n) is 3.17. The molecule has 1 atom stereocenters. The van der Waals surface area contributed by atoms with Gasteiger partial charge in [0.25, 0.3) is 0 Å². The van der Waals surface area contributed by atoms with Crippen LogP contribution in [0.5, 0.6) is 5.75 Å². The van der Waals surface area contributed by atoms with Gasteiger partial charge >= 0.3 is 0 Å². The van der Waals surface area contributed by atoms with E-state index in [1.54, 1.807) is 0 Å². The van der Waals surface area contributed by atoms with Crippen molar-refractivity contribution in [1.82, 2.24) is 0 Å². The largest absolute Gasteiger partial charge is 0.491 e. The van der Waals surface area contributed by atoms with Gasteiger partial charge in [0, 0.05) is 0 Å². The van der Waals surface area contributed by atoms with Gasteiger partial charge in [0.1, 0.15) is 25.0 Å². The monoisotopic (exact) mass is 274 g/mol. The molecule has 0 heterocycles. The zero-order chi connectivity index (χ0) is 14.6. The average molecular weight is 274 g/mol. The fourth-order valence-electron chi connectivity index (χ4n) is 2.01. The fourth-order valence-corrected chi connectivity index (χ4v) is 2.01. The number of hydrogen-bond donors (Lipinski definition) is 2. The number of benzene rings is 2. The van der Waals surface area contributed by atoms with Crippen LogP contribution in [0.3, 0.4) is 0 Å². The first-order valence-corrected chi connectivity index (χ1v) is 7.08. The van der Waals surface area contributed by atoms with Crippen molar-refractivity contribution in [2.24, 2.45) is 0 Å². The van der Waals surface area contributed by atoms with Crippen molar-refractivity contribution in [3.8, 4) is 5.75 Å². The molecule has 2 aromatic carbocycles. The molecule has 2 rings (SSSR count). The van der Waals surface area contributed by atoms with Crippen molar-refractivity contribution in [3.63, 3.8) is 0 Å². The quantitative estimate of drug-likeness (QED) is 0.875. The standard InChI is InChI=1S/C17H23NO2/c1-17(2,3)18-11-15(19)12-20-16-9-8-13-6-4-5-7-14(13)10-16/h4-10,15,18-19H,11-12H2,1-3H3/p+1/t15-/m0/s1. The summed E-state index contributed by atoms with van der Waals surface area (Å²) in [5, 5.41) is 14.4. The maximum atomic E-state index is 9.93. The number of nitrogens with two attached hydrogens (primary N) is 1. The number of ether oxygens (including phenoxy) is 1. The Morgan fingerprint density at radius 1 is 1.10 bits per heavy atom. The van der Waals surface area contributed by atoms with Gasteiger partial charge in [-0.05, 0) is 43.7 Å². The Morgan fingerprint density at radius 2 is 1.80 bits per heavy atom. The number of fused-ring (bicyclic) bond motifs is 1. The van der Waals surface area contributed by atoms with Crippen molar-refractivity contribution in [2.45, 2.75) is 32.4 Å². The van der Waals surface area contributed by atoms with Gasteiger partial charge in [-0.1, -0.05) is 30.3 Å². The Bertz CT molecular complexity index is 560. The summed E-state index contributed by atoms with van der Waals surface area (Å²) in [5.41, 5.74) is 0.129. The summed E-state index contributed by atoms with van der Waals surface area (Å²) >= 11 is 0. The van der Waals surface area contributed by atoms with E-state index in [1.165, 1.54) is 5.39 Å². The van der Waals surface area contributed by atoms with E-state index in [9.17, 15) is 5.11 Å². The third-order valence-corrected chi connectivity index (χ3v) is 3.17. The average Bonchev–Trinajstić information content (AvgIpc) is 2.42. The summed E-state index contributed by atoms with van der Waals surface area (Å²) in [6.07, 6.45) is -0.458. The van der Waals surface area contributed by atoms with Crippen LogP contribution in [-0.2, 0) is 0 Å². The Labute approximate surface area is 120 Å². The van der Waals surface area contributed by atoms with E-state index in [-0.39, 0.29) is 5.54 Å². The fraction of sp³-hybridized carbons (Fsp3) is 0.412. The molecule has 0 bridgehead atoms. The van der Waals surface area contributed by atoms with Crippen molar-refractivity contribution >= 4 is 10.8 Å². The molecule has 3 N–H and O–H groups in total.